The van der Waals surface area contributed by atoms with E-state index in [1.54, 1.807) is 6.20 Å². The number of nitrogens with zero attached hydrogens (tertiary/aromatic N) is 2. The molecule has 0 radical (unpaired) electrons. The molecular formula is C9H15F2N3. The molecule has 1 heterocycles. The molecule has 0 aliphatic rings. The summed E-state index contributed by atoms with van der Waals surface area (Å²) in [6.45, 7) is 0.994. The number of aryl methyl sites for hydroxylation is 1. The lowest BCUT2D eigenvalue weighted by Gasteiger charge is -2.16. The topological polar surface area (TPSA) is 43.8 Å². The summed E-state index contributed by atoms with van der Waals surface area (Å²) in [6.07, 6.45) is 4.73. The Balaban J connectivity index is 2.70. The van der Waals surface area contributed by atoms with Crippen LogP contribution in [-0.2, 0) is 13.0 Å². The van der Waals surface area contributed by atoms with Crippen molar-refractivity contribution in [2.24, 2.45) is 5.73 Å². The predicted molar refractivity (Wildman–Crippen MR) is 50.2 cm³/mol. The molecule has 0 amide bonds. The third kappa shape index (κ3) is 2.77. The van der Waals surface area contributed by atoms with Gasteiger partial charge >= 0.3 is 0 Å². The maximum atomic E-state index is 13.0. The van der Waals surface area contributed by atoms with Gasteiger partial charge in [-0.05, 0) is 6.42 Å². The number of hydrogen-bond donors (Lipinski definition) is 1. The SMILES string of the molecule is CCCc1cncn1CC(F)(F)CN. The van der Waals surface area contributed by atoms with Gasteiger partial charge in [-0.1, -0.05) is 13.3 Å². The summed E-state index contributed by atoms with van der Waals surface area (Å²) in [7, 11) is 0. The highest BCUT2D eigenvalue weighted by molar-refractivity contribution is 4.99. The molecule has 0 spiro atoms. The van der Waals surface area contributed by atoms with Gasteiger partial charge in [0.15, 0.2) is 0 Å². The second-order valence-electron chi connectivity index (χ2n) is 3.32. The monoisotopic (exact) mass is 203 g/mol. The molecule has 0 atom stereocenters. The van der Waals surface area contributed by atoms with Gasteiger partial charge in [0.25, 0.3) is 5.92 Å². The molecule has 0 saturated carbocycles. The highest BCUT2D eigenvalue weighted by atomic mass is 19.3. The molecule has 0 aromatic carbocycles. The van der Waals surface area contributed by atoms with E-state index in [0.29, 0.717) is 0 Å². The number of alkyl halides is 2. The van der Waals surface area contributed by atoms with E-state index >= 15 is 0 Å². The van der Waals surface area contributed by atoms with Gasteiger partial charge in [0.05, 0.1) is 19.4 Å². The Bertz CT molecular complexity index is 283. The van der Waals surface area contributed by atoms with Crippen molar-refractivity contribution in [1.29, 1.82) is 0 Å². The molecule has 1 aromatic heterocycles. The quantitative estimate of drug-likeness (QED) is 0.786. The zero-order chi connectivity index (χ0) is 10.6. The smallest absolute Gasteiger partial charge is 0.277 e. The van der Waals surface area contributed by atoms with Crippen LogP contribution in [0.2, 0.25) is 0 Å². The third-order valence-electron chi connectivity index (χ3n) is 2.00. The van der Waals surface area contributed by atoms with Crippen LogP contribution in [0, 0.1) is 0 Å². The number of imidazole rings is 1. The van der Waals surface area contributed by atoms with Crippen molar-refractivity contribution in [2.45, 2.75) is 32.2 Å². The number of aromatic nitrogens is 2. The largest absolute Gasteiger partial charge is 0.329 e. The zero-order valence-electron chi connectivity index (χ0n) is 8.21. The Morgan fingerprint density at radius 2 is 2.29 bits per heavy atom. The Labute approximate surface area is 81.9 Å². The van der Waals surface area contributed by atoms with Gasteiger partial charge in [-0.25, -0.2) is 13.8 Å². The van der Waals surface area contributed by atoms with Crippen LogP contribution in [0.4, 0.5) is 8.78 Å². The van der Waals surface area contributed by atoms with Crippen LogP contribution < -0.4 is 5.73 Å². The number of hydrogen-bond acceptors (Lipinski definition) is 2. The van der Waals surface area contributed by atoms with Gasteiger partial charge in [-0.15, -0.1) is 0 Å². The first-order chi connectivity index (χ1) is 6.59. The summed E-state index contributed by atoms with van der Waals surface area (Å²) < 4.78 is 27.4. The number of halogens is 2. The zero-order valence-corrected chi connectivity index (χ0v) is 8.21. The van der Waals surface area contributed by atoms with E-state index in [-0.39, 0.29) is 6.54 Å². The minimum absolute atomic E-state index is 0.376. The summed E-state index contributed by atoms with van der Waals surface area (Å²) in [6, 6.07) is 0. The fraction of sp³-hybridized carbons (Fsp3) is 0.667. The molecule has 0 aliphatic carbocycles. The van der Waals surface area contributed by atoms with Crippen molar-refractivity contribution in [1.82, 2.24) is 9.55 Å². The fourth-order valence-corrected chi connectivity index (χ4v) is 1.27. The van der Waals surface area contributed by atoms with Gasteiger partial charge in [0, 0.05) is 11.9 Å². The fourth-order valence-electron chi connectivity index (χ4n) is 1.27. The normalized spacial score (nSPS) is 12.0. The highest BCUT2D eigenvalue weighted by Gasteiger charge is 2.27. The molecular weight excluding hydrogens is 188 g/mol. The van der Waals surface area contributed by atoms with Crippen molar-refractivity contribution < 1.29 is 8.78 Å². The first-order valence-corrected chi connectivity index (χ1v) is 4.66. The van der Waals surface area contributed by atoms with Crippen LogP contribution in [-0.4, -0.2) is 22.0 Å². The standard InChI is InChI=1S/C9H15F2N3/c1-2-3-8-4-13-7-14(8)6-9(10,11)5-12/h4,7H,2-3,5-6,12H2,1H3. The van der Waals surface area contributed by atoms with Crippen LogP contribution in [0.3, 0.4) is 0 Å². The van der Waals surface area contributed by atoms with E-state index in [0.717, 1.165) is 18.5 Å². The number of nitrogens with two attached hydrogens (primary N) is 1. The second-order valence-corrected chi connectivity index (χ2v) is 3.32. The van der Waals surface area contributed by atoms with Crippen LogP contribution in [0.25, 0.3) is 0 Å². The Kier molecular flexibility index (Phi) is 3.57. The first-order valence-electron chi connectivity index (χ1n) is 4.66. The summed E-state index contributed by atoms with van der Waals surface area (Å²) in [5, 5.41) is 0. The Morgan fingerprint density at radius 3 is 2.86 bits per heavy atom. The van der Waals surface area contributed by atoms with Crippen molar-refractivity contribution in [2.75, 3.05) is 6.54 Å². The highest BCUT2D eigenvalue weighted by Crippen LogP contribution is 2.16. The molecule has 0 saturated heterocycles. The average Bonchev–Trinajstić information content (AvgIpc) is 2.53. The third-order valence-corrected chi connectivity index (χ3v) is 2.00. The Morgan fingerprint density at radius 1 is 1.57 bits per heavy atom. The summed E-state index contributed by atoms with van der Waals surface area (Å²) in [4.78, 5) is 3.85. The lowest BCUT2D eigenvalue weighted by atomic mass is 10.2. The predicted octanol–water partition coefficient (Wildman–Crippen LogP) is 1.43. The molecule has 5 heteroatoms. The van der Waals surface area contributed by atoms with Gasteiger partial charge in [-0.2, -0.15) is 0 Å². The first kappa shape index (κ1) is 11.1. The van der Waals surface area contributed by atoms with Crippen molar-refractivity contribution in [3.63, 3.8) is 0 Å². The molecule has 1 aromatic rings. The van der Waals surface area contributed by atoms with E-state index in [2.05, 4.69) is 4.98 Å². The molecule has 80 valence electrons. The van der Waals surface area contributed by atoms with Crippen molar-refractivity contribution in [3.8, 4) is 0 Å². The van der Waals surface area contributed by atoms with E-state index in [1.165, 1.54) is 10.9 Å². The van der Waals surface area contributed by atoms with E-state index < -0.39 is 12.5 Å². The minimum atomic E-state index is -2.84. The maximum absolute atomic E-state index is 13.0. The van der Waals surface area contributed by atoms with Crippen molar-refractivity contribution >= 4 is 0 Å². The van der Waals surface area contributed by atoms with Gasteiger partial charge in [0.2, 0.25) is 0 Å². The van der Waals surface area contributed by atoms with Crippen LogP contribution >= 0.6 is 0 Å². The van der Waals surface area contributed by atoms with E-state index in [9.17, 15) is 8.78 Å². The molecule has 2 N–H and O–H groups in total. The molecule has 0 bridgehead atoms. The summed E-state index contributed by atoms with van der Waals surface area (Å²) >= 11 is 0. The molecule has 3 nitrogen and oxygen atoms in total. The molecule has 14 heavy (non-hydrogen) atoms. The molecule has 0 fully saturated rings. The van der Waals surface area contributed by atoms with Crippen LogP contribution in [0.5, 0.6) is 0 Å². The van der Waals surface area contributed by atoms with Gasteiger partial charge < -0.3 is 10.3 Å². The van der Waals surface area contributed by atoms with Crippen LogP contribution in [0.1, 0.15) is 19.0 Å². The lowest BCUT2D eigenvalue weighted by Crippen LogP contribution is -2.33. The summed E-state index contributed by atoms with van der Waals surface area (Å²) in [5.41, 5.74) is 5.80. The maximum Gasteiger partial charge on any atom is 0.277 e. The average molecular weight is 203 g/mol. The van der Waals surface area contributed by atoms with E-state index in [4.69, 9.17) is 5.73 Å². The van der Waals surface area contributed by atoms with Gasteiger partial charge in [0.1, 0.15) is 0 Å². The second kappa shape index (κ2) is 4.50. The lowest BCUT2D eigenvalue weighted by molar-refractivity contribution is -0.00729. The number of rotatable bonds is 5. The van der Waals surface area contributed by atoms with Crippen molar-refractivity contribution in [3.05, 3.63) is 18.2 Å². The van der Waals surface area contributed by atoms with E-state index in [1.807, 2.05) is 6.92 Å². The Hall–Kier alpha value is -0.970. The van der Waals surface area contributed by atoms with Crippen LogP contribution in [0.15, 0.2) is 12.5 Å². The molecule has 0 unspecified atom stereocenters. The van der Waals surface area contributed by atoms with Gasteiger partial charge in [-0.3, -0.25) is 0 Å². The molecule has 1 rings (SSSR count). The molecule has 0 aliphatic heterocycles. The summed E-state index contributed by atoms with van der Waals surface area (Å²) in [5.74, 6) is -2.84. The minimum Gasteiger partial charge on any atom is -0.329 e.